The molecule has 1 amide bonds. The maximum atomic E-state index is 11.4. The first-order valence-corrected chi connectivity index (χ1v) is 5.71. The van der Waals surface area contributed by atoms with Crippen LogP contribution in [0.25, 0.3) is 0 Å². The van der Waals surface area contributed by atoms with Crippen LogP contribution in [0.15, 0.2) is 0 Å². The van der Waals surface area contributed by atoms with Crippen molar-refractivity contribution in [1.29, 1.82) is 0 Å². The van der Waals surface area contributed by atoms with E-state index in [4.69, 9.17) is 4.74 Å². The van der Waals surface area contributed by atoms with E-state index < -0.39 is 18.1 Å². The Kier molecular flexibility index (Phi) is 8.29. The molecule has 0 saturated heterocycles. The summed E-state index contributed by atoms with van der Waals surface area (Å²) in [6.07, 6.45) is 2.37. The minimum Gasteiger partial charge on any atom is -0.464 e. The van der Waals surface area contributed by atoms with E-state index in [-0.39, 0.29) is 6.61 Å². The van der Waals surface area contributed by atoms with E-state index in [2.05, 4.69) is 17.0 Å². The molecule has 1 atom stereocenters. The molecule has 0 bridgehead atoms. The van der Waals surface area contributed by atoms with Crippen molar-refractivity contribution < 1.29 is 19.1 Å². The highest BCUT2D eigenvalue weighted by Gasteiger charge is 2.16. The SMILES string of the molecule is CCCCCOC(=O)[C@H](C)NC(=O)OCC. The van der Waals surface area contributed by atoms with Gasteiger partial charge in [-0.3, -0.25) is 0 Å². The first-order valence-electron chi connectivity index (χ1n) is 5.71. The number of amides is 1. The molecule has 5 heteroatoms. The lowest BCUT2D eigenvalue weighted by atomic mass is 10.3. The van der Waals surface area contributed by atoms with E-state index in [1.807, 2.05) is 0 Å². The van der Waals surface area contributed by atoms with Crippen molar-refractivity contribution in [2.24, 2.45) is 0 Å². The van der Waals surface area contributed by atoms with Gasteiger partial charge < -0.3 is 14.8 Å². The fourth-order valence-electron chi connectivity index (χ4n) is 1.06. The molecule has 0 aliphatic rings. The van der Waals surface area contributed by atoms with E-state index >= 15 is 0 Å². The van der Waals surface area contributed by atoms with Crippen LogP contribution in [-0.4, -0.2) is 31.3 Å². The summed E-state index contributed by atoms with van der Waals surface area (Å²) in [6.45, 7) is 6.03. The molecule has 0 rings (SSSR count). The number of hydrogen-bond donors (Lipinski definition) is 1. The Morgan fingerprint density at radius 3 is 2.44 bits per heavy atom. The average molecular weight is 231 g/mol. The maximum absolute atomic E-state index is 11.4. The Morgan fingerprint density at radius 2 is 1.88 bits per heavy atom. The standard InChI is InChI=1S/C11H21NO4/c1-4-6-7-8-16-10(13)9(3)12-11(14)15-5-2/h9H,4-8H2,1-3H3,(H,12,14)/t9-/m0/s1. The molecule has 0 saturated carbocycles. The third-order valence-electron chi connectivity index (χ3n) is 1.96. The second kappa shape index (κ2) is 9.00. The van der Waals surface area contributed by atoms with Gasteiger partial charge in [-0.1, -0.05) is 19.8 Å². The van der Waals surface area contributed by atoms with Crippen molar-refractivity contribution in [1.82, 2.24) is 5.32 Å². The van der Waals surface area contributed by atoms with Crippen LogP contribution in [-0.2, 0) is 14.3 Å². The number of alkyl carbamates (subject to hydrolysis) is 1. The number of hydrogen-bond acceptors (Lipinski definition) is 4. The van der Waals surface area contributed by atoms with Gasteiger partial charge in [-0.05, 0) is 20.3 Å². The smallest absolute Gasteiger partial charge is 0.407 e. The molecule has 16 heavy (non-hydrogen) atoms. The van der Waals surface area contributed by atoms with Crippen LogP contribution in [0.4, 0.5) is 4.79 Å². The van der Waals surface area contributed by atoms with Crippen molar-refractivity contribution in [3.63, 3.8) is 0 Å². The van der Waals surface area contributed by atoms with Gasteiger partial charge in [-0.25, -0.2) is 9.59 Å². The van der Waals surface area contributed by atoms with Gasteiger partial charge in [0.05, 0.1) is 13.2 Å². The van der Waals surface area contributed by atoms with E-state index in [9.17, 15) is 9.59 Å². The number of ether oxygens (including phenoxy) is 2. The van der Waals surface area contributed by atoms with Crippen molar-refractivity contribution in [2.75, 3.05) is 13.2 Å². The van der Waals surface area contributed by atoms with Gasteiger partial charge in [-0.15, -0.1) is 0 Å². The van der Waals surface area contributed by atoms with E-state index in [1.165, 1.54) is 0 Å². The Balaban J connectivity index is 3.68. The van der Waals surface area contributed by atoms with E-state index in [0.717, 1.165) is 19.3 Å². The average Bonchev–Trinajstić information content (AvgIpc) is 2.24. The third kappa shape index (κ3) is 7.09. The van der Waals surface area contributed by atoms with Crippen LogP contribution < -0.4 is 5.32 Å². The molecule has 0 fully saturated rings. The predicted octanol–water partition coefficient (Wildman–Crippen LogP) is 1.85. The van der Waals surface area contributed by atoms with Crippen molar-refractivity contribution in [2.45, 2.75) is 46.1 Å². The van der Waals surface area contributed by atoms with Gasteiger partial charge in [0.25, 0.3) is 0 Å². The Morgan fingerprint density at radius 1 is 1.19 bits per heavy atom. The molecule has 0 heterocycles. The van der Waals surface area contributed by atoms with E-state index in [0.29, 0.717) is 6.61 Å². The highest BCUT2D eigenvalue weighted by Crippen LogP contribution is 1.96. The second-order valence-electron chi connectivity index (χ2n) is 3.46. The number of esters is 1. The Labute approximate surface area is 96.5 Å². The number of carbonyl (C=O) groups excluding carboxylic acids is 2. The molecule has 0 unspecified atom stereocenters. The lowest BCUT2D eigenvalue weighted by molar-refractivity contribution is -0.145. The topological polar surface area (TPSA) is 64.6 Å². The fraction of sp³-hybridized carbons (Fsp3) is 0.818. The molecular formula is C11H21NO4. The summed E-state index contributed by atoms with van der Waals surface area (Å²) in [7, 11) is 0. The normalized spacial score (nSPS) is 11.7. The number of unbranched alkanes of at least 4 members (excludes halogenated alkanes) is 2. The molecule has 1 N–H and O–H groups in total. The number of rotatable bonds is 7. The summed E-state index contributed by atoms with van der Waals surface area (Å²) in [4.78, 5) is 22.3. The Hall–Kier alpha value is -1.26. The molecule has 0 radical (unpaired) electrons. The molecule has 0 aliphatic carbocycles. The van der Waals surface area contributed by atoms with Gasteiger partial charge in [0.1, 0.15) is 6.04 Å². The van der Waals surface area contributed by atoms with Crippen molar-refractivity contribution >= 4 is 12.1 Å². The first-order chi connectivity index (χ1) is 7.61. The Bertz CT molecular complexity index is 218. The first kappa shape index (κ1) is 14.7. The second-order valence-corrected chi connectivity index (χ2v) is 3.46. The summed E-state index contributed by atoms with van der Waals surface area (Å²) in [5, 5.41) is 2.39. The lowest BCUT2D eigenvalue weighted by Crippen LogP contribution is -2.39. The highest BCUT2D eigenvalue weighted by molar-refractivity contribution is 5.80. The molecule has 94 valence electrons. The lowest BCUT2D eigenvalue weighted by Gasteiger charge is -2.12. The minimum absolute atomic E-state index is 0.282. The van der Waals surface area contributed by atoms with Crippen molar-refractivity contribution in [3.8, 4) is 0 Å². The van der Waals surface area contributed by atoms with Crippen molar-refractivity contribution in [3.05, 3.63) is 0 Å². The van der Waals surface area contributed by atoms with E-state index in [1.54, 1.807) is 13.8 Å². The van der Waals surface area contributed by atoms with Gasteiger partial charge >= 0.3 is 12.1 Å². The molecule has 0 aromatic carbocycles. The fourth-order valence-corrected chi connectivity index (χ4v) is 1.06. The number of nitrogens with one attached hydrogen (secondary N) is 1. The highest BCUT2D eigenvalue weighted by atomic mass is 16.6. The third-order valence-corrected chi connectivity index (χ3v) is 1.96. The summed E-state index contributed by atoms with van der Waals surface area (Å²) in [6, 6.07) is -0.666. The zero-order valence-electron chi connectivity index (χ0n) is 10.2. The van der Waals surface area contributed by atoms with Crippen LogP contribution in [0.3, 0.4) is 0 Å². The summed E-state index contributed by atoms with van der Waals surface area (Å²) in [5.74, 6) is -0.427. The minimum atomic E-state index is -0.666. The zero-order valence-corrected chi connectivity index (χ0v) is 10.2. The largest absolute Gasteiger partial charge is 0.464 e. The molecule has 0 aromatic heterocycles. The molecular weight excluding hydrogens is 210 g/mol. The van der Waals surface area contributed by atoms with Gasteiger partial charge in [0, 0.05) is 0 Å². The molecule has 0 spiro atoms. The van der Waals surface area contributed by atoms with Crippen LogP contribution >= 0.6 is 0 Å². The quantitative estimate of drug-likeness (QED) is 0.536. The summed E-state index contributed by atoms with van der Waals surface area (Å²) in [5.41, 5.74) is 0. The molecule has 0 aliphatic heterocycles. The van der Waals surface area contributed by atoms with Gasteiger partial charge in [0.2, 0.25) is 0 Å². The van der Waals surface area contributed by atoms with Gasteiger partial charge in [-0.2, -0.15) is 0 Å². The number of carbonyl (C=O) groups is 2. The molecule has 0 aromatic rings. The monoisotopic (exact) mass is 231 g/mol. The van der Waals surface area contributed by atoms with Crippen LogP contribution in [0, 0.1) is 0 Å². The summed E-state index contributed by atoms with van der Waals surface area (Å²) >= 11 is 0. The maximum Gasteiger partial charge on any atom is 0.407 e. The van der Waals surface area contributed by atoms with Gasteiger partial charge in [0.15, 0.2) is 0 Å². The van der Waals surface area contributed by atoms with Crippen LogP contribution in [0.1, 0.15) is 40.0 Å². The van der Waals surface area contributed by atoms with Crippen LogP contribution in [0.5, 0.6) is 0 Å². The molecule has 5 nitrogen and oxygen atoms in total. The predicted molar refractivity (Wildman–Crippen MR) is 60.1 cm³/mol. The summed E-state index contributed by atoms with van der Waals surface area (Å²) < 4.78 is 9.62. The zero-order chi connectivity index (χ0) is 12.4. The van der Waals surface area contributed by atoms with Crippen LogP contribution in [0.2, 0.25) is 0 Å².